The van der Waals surface area contributed by atoms with Crippen molar-refractivity contribution < 1.29 is 9.59 Å². The molecule has 1 atom stereocenters. The molecule has 1 aromatic heterocycles. The van der Waals surface area contributed by atoms with Crippen LogP contribution in [0.4, 0.5) is 11.6 Å². The fraction of sp³-hybridized carbons (Fsp3) is 0.368. The Bertz CT molecular complexity index is 818. The van der Waals surface area contributed by atoms with Crippen molar-refractivity contribution in [1.82, 2.24) is 14.9 Å². The fourth-order valence-electron chi connectivity index (χ4n) is 3.66. The van der Waals surface area contributed by atoms with Gasteiger partial charge in [0, 0.05) is 38.6 Å². The number of hydrogen-bond acceptors (Lipinski definition) is 6. The molecule has 2 saturated heterocycles. The van der Waals surface area contributed by atoms with E-state index in [1.807, 2.05) is 31.2 Å². The van der Waals surface area contributed by atoms with Gasteiger partial charge in [-0.1, -0.05) is 18.2 Å². The van der Waals surface area contributed by atoms with Gasteiger partial charge in [0.2, 0.25) is 11.9 Å². The number of carbonyl (C=O) groups is 2. The highest BCUT2D eigenvalue weighted by Gasteiger charge is 2.43. The Morgan fingerprint density at radius 1 is 0.962 bits per heavy atom. The monoisotopic (exact) mass is 351 g/mol. The summed E-state index contributed by atoms with van der Waals surface area (Å²) in [6.45, 7) is 4.83. The molecule has 0 saturated carbocycles. The van der Waals surface area contributed by atoms with Crippen LogP contribution < -0.4 is 9.80 Å². The number of para-hydroxylation sites is 1. The molecule has 2 amide bonds. The minimum atomic E-state index is -0.374. The van der Waals surface area contributed by atoms with Gasteiger partial charge in [-0.05, 0) is 24.6 Å². The number of piperazine rings is 1. The van der Waals surface area contributed by atoms with Gasteiger partial charge in [-0.2, -0.15) is 0 Å². The van der Waals surface area contributed by atoms with Crippen LogP contribution in [0.3, 0.4) is 0 Å². The quantitative estimate of drug-likeness (QED) is 0.775. The molecule has 7 heteroatoms. The van der Waals surface area contributed by atoms with Crippen molar-refractivity contribution in [3.63, 3.8) is 0 Å². The Morgan fingerprint density at radius 3 is 2.35 bits per heavy atom. The van der Waals surface area contributed by atoms with E-state index in [1.54, 1.807) is 18.5 Å². The predicted octanol–water partition coefficient (Wildman–Crippen LogP) is 1.24. The van der Waals surface area contributed by atoms with Gasteiger partial charge in [-0.25, -0.2) is 14.9 Å². The molecule has 1 aromatic carbocycles. The Balaban J connectivity index is 1.46. The fourth-order valence-corrected chi connectivity index (χ4v) is 3.66. The number of aryl methyl sites for hydroxylation is 1. The zero-order valence-electron chi connectivity index (χ0n) is 14.7. The number of aromatic nitrogens is 2. The van der Waals surface area contributed by atoms with E-state index in [9.17, 15) is 9.59 Å². The second kappa shape index (κ2) is 6.84. The van der Waals surface area contributed by atoms with E-state index < -0.39 is 0 Å². The Kier molecular flexibility index (Phi) is 4.38. The summed E-state index contributed by atoms with van der Waals surface area (Å²) in [5.41, 5.74) is 1.63. The van der Waals surface area contributed by atoms with Gasteiger partial charge in [0.1, 0.15) is 0 Å². The van der Waals surface area contributed by atoms with Crippen molar-refractivity contribution in [1.29, 1.82) is 0 Å². The lowest BCUT2D eigenvalue weighted by Crippen LogP contribution is -2.53. The standard InChI is InChI=1S/C19H21N5O2/c1-14-5-2-3-6-15(14)24-17(25)13-16(18(24)26)22-9-11-23(12-10-22)19-20-7-4-8-21-19/h2-8,16H,9-13H2,1H3. The third-order valence-corrected chi connectivity index (χ3v) is 5.07. The summed E-state index contributed by atoms with van der Waals surface area (Å²) in [6.07, 6.45) is 3.71. The molecule has 7 nitrogen and oxygen atoms in total. The van der Waals surface area contributed by atoms with Crippen LogP contribution in [-0.4, -0.2) is 58.9 Å². The van der Waals surface area contributed by atoms with Gasteiger partial charge < -0.3 is 4.90 Å². The summed E-state index contributed by atoms with van der Waals surface area (Å²) in [6, 6.07) is 8.94. The van der Waals surface area contributed by atoms with E-state index >= 15 is 0 Å². The van der Waals surface area contributed by atoms with E-state index in [0.717, 1.165) is 18.7 Å². The minimum Gasteiger partial charge on any atom is -0.338 e. The van der Waals surface area contributed by atoms with Crippen LogP contribution in [0, 0.1) is 6.92 Å². The van der Waals surface area contributed by atoms with Gasteiger partial charge in [-0.3, -0.25) is 14.5 Å². The first-order valence-corrected chi connectivity index (χ1v) is 8.83. The van der Waals surface area contributed by atoms with Crippen LogP contribution in [0.25, 0.3) is 0 Å². The van der Waals surface area contributed by atoms with Crippen molar-refractivity contribution in [2.24, 2.45) is 0 Å². The molecule has 0 radical (unpaired) electrons. The summed E-state index contributed by atoms with van der Waals surface area (Å²) in [5, 5.41) is 0. The summed E-state index contributed by atoms with van der Waals surface area (Å²) in [4.78, 5) is 39.6. The number of nitrogens with zero attached hydrogens (tertiary/aromatic N) is 5. The lowest BCUT2D eigenvalue weighted by molar-refractivity contribution is -0.123. The third-order valence-electron chi connectivity index (χ3n) is 5.07. The Labute approximate surface area is 152 Å². The van der Waals surface area contributed by atoms with E-state index in [2.05, 4.69) is 19.8 Å². The average molecular weight is 351 g/mol. The molecule has 2 aliphatic heterocycles. The number of rotatable bonds is 3. The summed E-state index contributed by atoms with van der Waals surface area (Å²) >= 11 is 0. The second-order valence-electron chi connectivity index (χ2n) is 6.65. The van der Waals surface area contributed by atoms with Crippen molar-refractivity contribution in [2.75, 3.05) is 36.0 Å². The number of imide groups is 1. The molecule has 4 rings (SSSR count). The Hall–Kier alpha value is -2.80. The third kappa shape index (κ3) is 2.94. The molecule has 2 aromatic rings. The molecular formula is C19H21N5O2. The highest BCUT2D eigenvalue weighted by molar-refractivity contribution is 6.22. The second-order valence-corrected chi connectivity index (χ2v) is 6.65. The average Bonchev–Trinajstić information content (AvgIpc) is 2.97. The normalized spacial score (nSPS) is 21.5. The van der Waals surface area contributed by atoms with E-state index in [-0.39, 0.29) is 24.3 Å². The molecule has 0 spiro atoms. The van der Waals surface area contributed by atoms with E-state index in [4.69, 9.17) is 0 Å². The molecule has 0 bridgehead atoms. The van der Waals surface area contributed by atoms with Crippen LogP contribution in [-0.2, 0) is 9.59 Å². The van der Waals surface area contributed by atoms with Crippen molar-refractivity contribution in [2.45, 2.75) is 19.4 Å². The van der Waals surface area contributed by atoms with Crippen LogP contribution in [0.1, 0.15) is 12.0 Å². The highest BCUT2D eigenvalue weighted by Crippen LogP contribution is 2.28. The smallest absolute Gasteiger partial charge is 0.251 e. The lowest BCUT2D eigenvalue weighted by Gasteiger charge is -2.36. The van der Waals surface area contributed by atoms with Crippen molar-refractivity contribution >= 4 is 23.5 Å². The zero-order chi connectivity index (χ0) is 18.1. The van der Waals surface area contributed by atoms with Gasteiger partial charge in [-0.15, -0.1) is 0 Å². The van der Waals surface area contributed by atoms with Gasteiger partial charge in [0.25, 0.3) is 5.91 Å². The number of anilines is 2. The van der Waals surface area contributed by atoms with Gasteiger partial charge in [0.15, 0.2) is 0 Å². The molecule has 0 N–H and O–H groups in total. The highest BCUT2D eigenvalue weighted by atomic mass is 16.2. The van der Waals surface area contributed by atoms with E-state index in [0.29, 0.717) is 24.7 Å². The summed E-state index contributed by atoms with van der Waals surface area (Å²) in [7, 11) is 0. The summed E-state index contributed by atoms with van der Waals surface area (Å²) < 4.78 is 0. The van der Waals surface area contributed by atoms with E-state index in [1.165, 1.54) is 4.90 Å². The molecule has 2 aliphatic rings. The van der Waals surface area contributed by atoms with Crippen LogP contribution in [0.5, 0.6) is 0 Å². The van der Waals surface area contributed by atoms with Gasteiger partial charge >= 0.3 is 0 Å². The lowest BCUT2D eigenvalue weighted by atomic mass is 10.1. The molecule has 3 heterocycles. The summed E-state index contributed by atoms with van der Waals surface area (Å²) in [5.74, 6) is 0.472. The maximum atomic E-state index is 12.9. The molecule has 2 fully saturated rings. The molecular weight excluding hydrogens is 330 g/mol. The SMILES string of the molecule is Cc1ccccc1N1C(=O)CC(N2CCN(c3ncccn3)CC2)C1=O. The largest absolute Gasteiger partial charge is 0.338 e. The minimum absolute atomic E-state index is 0.117. The number of amides is 2. The first-order valence-electron chi connectivity index (χ1n) is 8.83. The first kappa shape index (κ1) is 16.7. The predicted molar refractivity (Wildman–Crippen MR) is 97.9 cm³/mol. The van der Waals surface area contributed by atoms with Crippen LogP contribution in [0.15, 0.2) is 42.7 Å². The number of carbonyl (C=O) groups excluding carboxylic acids is 2. The topological polar surface area (TPSA) is 69.6 Å². The molecule has 1 unspecified atom stereocenters. The first-order chi connectivity index (χ1) is 12.6. The van der Waals surface area contributed by atoms with Crippen LogP contribution >= 0.6 is 0 Å². The maximum absolute atomic E-state index is 12.9. The van der Waals surface area contributed by atoms with Crippen molar-refractivity contribution in [3.05, 3.63) is 48.3 Å². The molecule has 134 valence electrons. The maximum Gasteiger partial charge on any atom is 0.251 e. The van der Waals surface area contributed by atoms with Gasteiger partial charge in [0.05, 0.1) is 18.2 Å². The zero-order valence-corrected chi connectivity index (χ0v) is 14.7. The molecule has 0 aliphatic carbocycles. The number of hydrogen-bond donors (Lipinski definition) is 0. The Morgan fingerprint density at radius 2 is 1.65 bits per heavy atom. The van der Waals surface area contributed by atoms with Crippen LogP contribution in [0.2, 0.25) is 0 Å². The van der Waals surface area contributed by atoms with Crippen molar-refractivity contribution in [3.8, 4) is 0 Å². The molecule has 26 heavy (non-hydrogen) atoms. The number of benzene rings is 1.